The molecule has 2 fully saturated rings. The number of nitrogens with one attached hydrogen (secondary N) is 1. The second kappa shape index (κ2) is 11.5. The van der Waals surface area contributed by atoms with E-state index in [0.29, 0.717) is 28.4 Å². The average molecular weight is 598 g/mol. The van der Waals surface area contributed by atoms with E-state index in [9.17, 15) is 19.4 Å². The predicted octanol–water partition coefficient (Wildman–Crippen LogP) is 4.97. The first kappa shape index (κ1) is 29.2. The maximum atomic E-state index is 14.4. The number of nitrogens with zero attached hydrogens (tertiary/aromatic N) is 2. The quantitative estimate of drug-likeness (QED) is 0.178. The van der Waals surface area contributed by atoms with E-state index in [4.69, 9.17) is 36.3 Å². The zero-order valence-electron chi connectivity index (χ0n) is 22.9. The van der Waals surface area contributed by atoms with E-state index in [1.54, 1.807) is 30.3 Å². The number of aliphatic hydroxyl groups excluding tert-OH is 1. The summed E-state index contributed by atoms with van der Waals surface area (Å²) in [5.74, 6) is -0.939. The van der Waals surface area contributed by atoms with E-state index in [0.717, 1.165) is 25.1 Å². The Bertz CT molecular complexity index is 1560. The van der Waals surface area contributed by atoms with Crippen molar-refractivity contribution in [3.05, 3.63) is 87.5 Å². The Morgan fingerprint density at radius 1 is 1.14 bits per heavy atom. The standard InChI is InChI=1S/C30H29ClFN3O7/c1-40-23-4-3-5-24(41-2)25(23)26(33)19(27(36)16-6-7-16)13-42-18-8-9-20(21(31)11-18)30(39)14-35(15-30)28-22(32)10-17(12-34-28)29(37)38/h3-5,8-12,16,33,36,39H,6-7,13-15H2,1-2H3,(H,37,38)/b27-19-,33-26?. The molecule has 0 spiro atoms. The molecule has 0 radical (unpaired) electrons. The fraction of sp³-hybridized carbons (Fsp3) is 0.300. The van der Waals surface area contributed by atoms with Crippen LogP contribution in [0.1, 0.15) is 34.3 Å². The maximum Gasteiger partial charge on any atom is 0.337 e. The number of carboxylic acid groups (broad SMARTS) is 1. The van der Waals surface area contributed by atoms with Gasteiger partial charge in [0.1, 0.15) is 35.2 Å². The molecule has 3 aromatic rings. The number of β-amino-alcohol motifs (C(OH)–C–C–N with tert-alkyl or cyclic N) is 1. The monoisotopic (exact) mass is 597 g/mol. The zero-order chi connectivity index (χ0) is 30.2. The maximum absolute atomic E-state index is 14.4. The molecule has 0 bridgehead atoms. The van der Waals surface area contributed by atoms with Crippen LogP contribution in [-0.2, 0) is 5.60 Å². The lowest BCUT2D eigenvalue weighted by molar-refractivity contribution is 0.00670. The van der Waals surface area contributed by atoms with Crippen molar-refractivity contribution in [1.29, 1.82) is 5.41 Å². The van der Waals surface area contributed by atoms with Gasteiger partial charge >= 0.3 is 5.97 Å². The number of methoxy groups -OCH3 is 2. The molecule has 5 rings (SSSR count). The molecule has 4 N–H and O–H groups in total. The highest BCUT2D eigenvalue weighted by Gasteiger charge is 2.45. The molecule has 12 heteroatoms. The molecular weight excluding hydrogens is 569 g/mol. The fourth-order valence-electron chi connectivity index (χ4n) is 4.93. The smallest absolute Gasteiger partial charge is 0.337 e. The lowest BCUT2D eigenvalue weighted by atomic mass is 9.86. The van der Waals surface area contributed by atoms with Crippen molar-refractivity contribution in [3.63, 3.8) is 0 Å². The third-order valence-corrected chi connectivity index (χ3v) is 7.66. The largest absolute Gasteiger partial charge is 0.512 e. The molecule has 10 nitrogen and oxygen atoms in total. The molecule has 0 amide bonds. The van der Waals surface area contributed by atoms with Crippen LogP contribution in [0.2, 0.25) is 5.02 Å². The van der Waals surface area contributed by atoms with Crippen molar-refractivity contribution >= 4 is 29.1 Å². The van der Waals surface area contributed by atoms with Crippen LogP contribution in [0.3, 0.4) is 0 Å². The van der Waals surface area contributed by atoms with Gasteiger partial charge in [0.15, 0.2) is 11.6 Å². The Hall–Kier alpha value is -4.35. The van der Waals surface area contributed by atoms with Crippen LogP contribution < -0.4 is 19.1 Å². The molecule has 2 aromatic carbocycles. The number of hydrogen-bond donors (Lipinski definition) is 4. The van der Waals surface area contributed by atoms with E-state index in [2.05, 4.69) is 4.98 Å². The summed E-state index contributed by atoms with van der Waals surface area (Å²) >= 11 is 6.53. The first-order chi connectivity index (χ1) is 20.1. The minimum absolute atomic E-state index is 0.0106. The minimum atomic E-state index is -1.40. The van der Waals surface area contributed by atoms with E-state index >= 15 is 0 Å². The lowest BCUT2D eigenvalue weighted by Crippen LogP contribution is -2.60. The number of rotatable bonds is 11. The number of benzene rings is 2. The first-order valence-electron chi connectivity index (χ1n) is 13.1. The van der Waals surface area contributed by atoms with Crippen LogP contribution in [0.25, 0.3) is 0 Å². The van der Waals surface area contributed by atoms with E-state index in [-0.39, 0.29) is 59.1 Å². The second-order valence-electron chi connectivity index (χ2n) is 10.2. The van der Waals surface area contributed by atoms with Crippen LogP contribution in [-0.4, -0.2) is 65.9 Å². The fourth-order valence-corrected chi connectivity index (χ4v) is 5.28. The molecule has 2 heterocycles. The highest BCUT2D eigenvalue weighted by Crippen LogP contribution is 2.41. The van der Waals surface area contributed by atoms with Crippen molar-refractivity contribution in [1.82, 2.24) is 4.98 Å². The summed E-state index contributed by atoms with van der Waals surface area (Å²) in [5.41, 5.74) is -0.575. The lowest BCUT2D eigenvalue weighted by Gasteiger charge is -2.47. The highest BCUT2D eigenvalue weighted by atomic mass is 35.5. The number of carbonyl (C=O) groups is 1. The van der Waals surface area contributed by atoms with Crippen LogP contribution in [0, 0.1) is 17.1 Å². The van der Waals surface area contributed by atoms with E-state index < -0.39 is 17.4 Å². The van der Waals surface area contributed by atoms with Gasteiger partial charge < -0.3 is 34.4 Å². The van der Waals surface area contributed by atoms with Gasteiger partial charge in [-0.2, -0.15) is 0 Å². The number of hydrogen-bond acceptors (Lipinski definition) is 9. The Labute approximate surface area is 246 Å². The van der Waals surface area contributed by atoms with Gasteiger partial charge in [0.05, 0.1) is 54.7 Å². The van der Waals surface area contributed by atoms with Gasteiger partial charge in [-0.05, 0) is 43.2 Å². The first-order valence-corrected chi connectivity index (χ1v) is 13.5. The third-order valence-electron chi connectivity index (χ3n) is 7.35. The predicted molar refractivity (Wildman–Crippen MR) is 153 cm³/mol. The minimum Gasteiger partial charge on any atom is -0.512 e. The summed E-state index contributed by atoms with van der Waals surface area (Å²) in [7, 11) is 2.99. The Kier molecular flexibility index (Phi) is 7.98. The van der Waals surface area contributed by atoms with Gasteiger partial charge in [-0.1, -0.05) is 23.7 Å². The number of aliphatic hydroxyl groups is 2. The van der Waals surface area contributed by atoms with Gasteiger partial charge in [-0.3, -0.25) is 5.41 Å². The Morgan fingerprint density at radius 2 is 1.81 bits per heavy atom. The Balaban J connectivity index is 1.32. The van der Waals surface area contributed by atoms with Gasteiger partial charge in [-0.15, -0.1) is 0 Å². The summed E-state index contributed by atoms with van der Waals surface area (Å²) in [6.45, 7) is -0.153. The molecule has 42 heavy (non-hydrogen) atoms. The topological polar surface area (TPSA) is 145 Å². The number of ether oxygens (including phenoxy) is 3. The van der Waals surface area contributed by atoms with Crippen molar-refractivity contribution < 1.29 is 38.7 Å². The number of halogens is 2. The summed E-state index contributed by atoms with van der Waals surface area (Å²) in [6, 6.07) is 10.8. The molecule has 0 atom stereocenters. The molecule has 1 saturated carbocycles. The summed E-state index contributed by atoms with van der Waals surface area (Å²) < 4.78 is 31.3. The molecule has 2 aliphatic rings. The molecular formula is C30H29ClFN3O7. The van der Waals surface area contributed by atoms with Gasteiger partial charge in [0.25, 0.3) is 0 Å². The number of pyridine rings is 1. The molecule has 0 unspecified atom stereocenters. The SMILES string of the molecule is COc1cccc(OC)c1C(=N)/C(COc1ccc(C2(O)CN(c3ncc(C(=O)O)cc3F)C2)c(Cl)c1)=C(\O)C1CC1. The van der Waals surface area contributed by atoms with Crippen LogP contribution in [0.4, 0.5) is 10.2 Å². The highest BCUT2D eigenvalue weighted by molar-refractivity contribution is 6.31. The van der Waals surface area contributed by atoms with Gasteiger partial charge in [0.2, 0.25) is 0 Å². The average Bonchev–Trinajstić information content (AvgIpc) is 3.81. The molecule has 1 saturated heterocycles. The van der Waals surface area contributed by atoms with Crippen LogP contribution in [0.15, 0.2) is 60.0 Å². The van der Waals surface area contributed by atoms with Crippen molar-refractivity contribution in [2.75, 3.05) is 38.8 Å². The second-order valence-corrected chi connectivity index (χ2v) is 10.6. The van der Waals surface area contributed by atoms with E-state index in [1.165, 1.54) is 25.2 Å². The number of anilines is 1. The molecule has 1 aliphatic heterocycles. The summed E-state index contributed by atoms with van der Waals surface area (Å²) in [5, 5.41) is 40.3. The number of allylic oxidation sites excluding steroid dienone is 1. The van der Waals surface area contributed by atoms with Crippen LogP contribution in [0.5, 0.6) is 17.2 Å². The number of carboxylic acids is 1. The normalized spacial score (nSPS) is 16.3. The number of aromatic nitrogens is 1. The van der Waals surface area contributed by atoms with E-state index in [1.807, 2.05) is 0 Å². The number of aromatic carboxylic acids is 1. The summed E-state index contributed by atoms with van der Waals surface area (Å²) in [6.07, 6.45) is 2.68. The summed E-state index contributed by atoms with van der Waals surface area (Å²) in [4.78, 5) is 16.4. The van der Waals surface area contributed by atoms with Crippen LogP contribution >= 0.6 is 11.6 Å². The third kappa shape index (κ3) is 5.57. The molecule has 220 valence electrons. The van der Waals surface area contributed by atoms with Crippen molar-refractivity contribution in [2.24, 2.45) is 5.92 Å². The molecule has 1 aliphatic carbocycles. The zero-order valence-corrected chi connectivity index (χ0v) is 23.6. The molecule has 1 aromatic heterocycles. The van der Waals surface area contributed by atoms with Crippen molar-refractivity contribution in [2.45, 2.75) is 18.4 Å². The van der Waals surface area contributed by atoms with Gasteiger partial charge in [0, 0.05) is 17.7 Å². The van der Waals surface area contributed by atoms with Crippen molar-refractivity contribution in [3.8, 4) is 17.2 Å². The Morgan fingerprint density at radius 3 is 2.36 bits per heavy atom. The van der Waals surface area contributed by atoms with Gasteiger partial charge in [-0.25, -0.2) is 14.2 Å².